The quantitative estimate of drug-likeness (QED) is 0.886. The molecule has 1 aliphatic rings. The summed E-state index contributed by atoms with van der Waals surface area (Å²) in [7, 11) is 0. The van der Waals surface area contributed by atoms with Gasteiger partial charge in [-0.3, -0.25) is 4.79 Å². The summed E-state index contributed by atoms with van der Waals surface area (Å²) in [5.41, 5.74) is 0.959. The van der Waals surface area contributed by atoms with E-state index in [1.54, 1.807) is 0 Å². The van der Waals surface area contributed by atoms with Gasteiger partial charge in [-0.2, -0.15) is 0 Å². The Morgan fingerprint density at radius 1 is 1.21 bits per heavy atom. The highest BCUT2D eigenvalue weighted by Crippen LogP contribution is 2.28. The first-order valence-corrected chi connectivity index (χ1v) is 6.57. The maximum atomic E-state index is 10.9. The monoisotopic (exact) mass is 256 g/mol. The van der Waals surface area contributed by atoms with Crippen molar-refractivity contribution in [3.8, 4) is 0 Å². The lowest BCUT2D eigenvalue weighted by atomic mass is 10.1. The number of aliphatic carboxylic acids is 1. The number of hydrogen-bond acceptors (Lipinski definition) is 3. The molecule has 1 aromatic carbocycles. The van der Waals surface area contributed by atoms with Gasteiger partial charge in [0.1, 0.15) is 5.82 Å². The first-order valence-electron chi connectivity index (χ1n) is 6.57. The Kier molecular flexibility index (Phi) is 3.07. The summed E-state index contributed by atoms with van der Waals surface area (Å²) >= 11 is 0. The number of anilines is 1. The predicted molar refractivity (Wildman–Crippen MR) is 74.1 cm³/mol. The van der Waals surface area contributed by atoms with E-state index in [0.29, 0.717) is 6.42 Å². The average molecular weight is 256 g/mol. The van der Waals surface area contributed by atoms with Gasteiger partial charge < -0.3 is 10.4 Å². The number of pyridine rings is 1. The number of aromatic nitrogens is 1. The largest absolute Gasteiger partial charge is 0.481 e. The Bertz CT molecular complexity index is 612. The molecule has 2 N–H and O–H groups in total. The number of nitrogens with zero attached hydrogens (tertiary/aromatic N) is 1. The van der Waals surface area contributed by atoms with Crippen LogP contribution in [0.15, 0.2) is 36.4 Å². The number of para-hydroxylation sites is 1. The summed E-state index contributed by atoms with van der Waals surface area (Å²) in [5, 5.41) is 13.5. The summed E-state index contributed by atoms with van der Waals surface area (Å²) < 4.78 is 0. The highest BCUT2D eigenvalue weighted by Gasteiger charge is 2.29. The molecule has 98 valence electrons. The second-order valence-electron chi connectivity index (χ2n) is 5.08. The van der Waals surface area contributed by atoms with Crippen LogP contribution in [0.25, 0.3) is 10.9 Å². The Balaban J connectivity index is 1.73. The molecule has 0 aliphatic heterocycles. The van der Waals surface area contributed by atoms with Crippen molar-refractivity contribution in [2.75, 3.05) is 5.32 Å². The molecule has 1 aromatic heterocycles. The summed E-state index contributed by atoms with van der Waals surface area (Å²) in [6.07, 6.45) is 2.33. The van der Waals surface area contributed by atoms with Gasteiger partial charge in [0.05, 0.1) is 11.4 Å². The van der Waals surface area contributed by atoms with E-state index in [2.05, 4.69) is 10.3 Å². The molecule has 1 heterocycles. The van der Waals surface area contributed by atoms with E-state index < -0.39 is 5.97 Å². The van der Waals surface area contributed by atoms with Gasteiger partial charge in [-0.1, -0.05) is 18.2 Å². The molecule has 4 nitrogen and oxygen atoms in total. The van der Waals surface area contributed by atoms with Crippen molar-refractivity contribution in [3.05, 3.63) is 36.4 Å². The van der Waals surface area contributed by atoms with E-state index in [9.17, 15) is 4.79 Å². The molecular weight excluding hydrogens is 240 g/mol. The molecule has 1 fully saturated rings. The van der Waals surface area contributed by atoms with Gasteiger partial charge >= 0.3 is 5.97 Å². The highest BCUT2D eigenvalue weighted by atomic mass is 16.4. The standard InChI is InChI=1S/C15H16N2O2/c18-15(19)11-5-7-12(9-11)16-14-8-6-10-3-1-2-4-13(10)17-14/h1-4,6,8,11-12H,5,7,9H2,(H,16,17)(H,18,19)/t11-,12+/m1/s1. The number of rotatable bonds is 3. The number of nitrogens with one attached hydrogen (secondary N) is 1. The molecule has 0 spiro atoms. The molecule has 0 amide bonds. The van der Waals surface area contributed by atoms with Crippen LogP contribution in [-0.2, 0) is 4.79 Å². The van der Waals surface area contributed by atoms with Gasteiger partial charge in [0.25, 0.3) is 0 Å². The van der Waals surface area contributed by atoms with Gasteiger partial charge in [-0.15, -0.1) is 0 Å². The van der Waals surface area contributed by atoms with E-state index in [1.165, 1.54) is 0 Å². The predicted octanol–water partition coefficient (Wildman–Crippen LogP) is 2.90. The minimum absolute atomic E-state index is 0.210. The topological polar surface area (TPSA) is 62.2 Å². The molecule has 1 saturated carbocycles. The van der Waals surface area contributed by atoms with Crippen LogP contribution in [0.4, 0.5) is 5.82 Å². The van der Waals surface area contributed by atoms with E-state index >= 15 is 0 Å². The molecule has 2 aromatic rings. The van der Waals surface area contributed by atoms with Crippen molar-refractivity contribution in [2.45, 2.75) is 25.3 Å². The molecule has 2 atom stereocenters. The molecule has 3 rings (SSSR count). The minimum Gasteiger partial charge on any atom is -0.481 e. The minimum atomic E-state index is -0.684. The van der Waals surface area contributed by atoms with Crippen LogP contribution in [-0.4, -0.2) is 22.1 Å². The molecule has 0 radical (unpaired) electrons. The smallest absolute Gasteiger partial charge is 0.306 e. The number of carboxylic acids is 1. The second kappa shape index (κ2) is 4.88. The maximum absolute atomic E-state index is 10.9. The molecule has 1 aliphatic carbocycles. The fourth-order valence-corrected chi connectivity index (χ4v) is 2.69. The van der Waals surface area contributed by atoms with Crippen molar-refractivity contribution in [1.29, 1.82) is 0 Å². The van der Waals surface area contributed by atoms with Crippen molar-refractivity contribution in [3.63, 3.8) is 0 Å². The molecule has 4 heteroatoms. The summed E-state index contributed by atoms with van der Waals surface area (Å²) in [6.45, 7) is 0. The zero-order valence-electron chi connectivity index (χ0n) is 10.5. The molecule has 0 saturated heterocycles. The van der Waals surface area contributed by atoms with Crippen LogP contribution < -0.4 is 5.32 Å². The normalized spacial score (nSPS) is 22.5. The van der Waals surface area contributed by atoms with E-state index in [0.717, 1.165) is 29.6 Å². The van der Waals surface area contributed by atoms with Crippen molar-refractivity contribution in [2.24, 2.45) is 5.92 Å². The van der Waals surface area contributed by atoms with Crippen LogP contribution in [0.3, 0.4) is 0 Å². The Hall–Kier alpha value is -2.10. The SMILES string of the molecule is O=C(O)[C@@H]1CC[C@H](Nc2ccc3ccccc3n2)C1. The van der Waals surface area contributed by atoms with Crippen LogP contribution >= 0.6 is 0 Å². The molecular formula is C15H16N2O2. The third kappa shape index (κ3) is 2.52. The van der Waals surface area contributed by atoms with Crippen LogP contribution in [0.1, 0.15) is 19.3 Å². The molecule has 0 bridgehead atoms. The zero-order valence-corrected chi connectivity index (χ0v) is 10.5. The first kappa shape index (κ1) is 12.0. The van der Waals surface area contributed by atoms with Crippen molar-refractivity contribution >= 4 is 22.7 Å². The van der Waals surface area contributed by atoms with Crippen molar-refractivity contribution < 1.29 is 9.90 Å². The van der Waals surface area contributed by atoms with Crippen LogP contribution in [0.5, 0.6) is 0 Å². The highest BCUT2D eigenvalue weighted by molar-refractivity contribution is 5.80. The lowest BCUT2D eigenvalue weighted by molar-refractivity contribution is -0.141. The maximum Gasteiger partial charge on any atom is 0.306 e. The fraction of sp³-hybridized carbons (Fsp3) is 0.333. The third-order valence-electron chi connectivity index (χ3n) is 3.73. The lowest BCUT2D eigenvalue weighted by Crippen LogP contribution is -2.18. The molecule has 19 heavy (non-hydrogen) atoms. The average Bonchev–Trinajstić information content (AvgIpc) is 2.87. The summed E-state index contributed by atoms with van der Waals surface area (Å²) in [4.78, 5) is 15.5. The number of benzene rings is 1. The Labute approximate surface area is 111 Å². The second-order valence-corrected chi connectivity index (χ2v) is 5.08. The van der Waals surface area contributed by atoms with Gasteiger partial charge in [0.15, 0.2) is 0 Å². The first-order chi connectivity index (χ1) is 9.22. The lowest BCUT2D eigenvalue weighted by Gasteiger charge is -2.13. The van der Waals surface area contributed by atoms with Gasteiger partial charge in [-0.25, -0.2) is 4.98 Å². The van der Waals surface area contributed by atoms with E-state index in [4.69, 9.17) is 5.11 Å². The fourth-order valence-electron chi connectivity index (χ4n) is 2.69. The van der Waals surface area contributed by atoms with Crippen LogP contribution in [0.2, 0.25) is 0 Å². The van der Waals surface area contributed by atoms with Gasteiger partial charge in [0, 0.05) is 11.4 Å². The Morgan fingerprint density at radius 3 is 2.84 bits per heavy atom. The van der Waals surface area contributed by atoms with Crippen LogP contribution in [0, 0.1) is 5.92 Å². The van der Waals surface area contributed by atoms with E-state index in [1.807, 2.05) is 36.4 Å². The zero-order chi connectivity index (χ0) is 13.2. The molecule has 0 unspecified atom stereocenters. The van der Waals surface area contributed by atoms with E-state index in [-0.39, 0.29) is 12.0 Å². The summed E-state index contributed by atoms with van der Waals surface area (Å²) in [6, 6.07) is 12.2. The van der Waals surface area contributed by atoms with Crippen molar-refractivity contribution in [1.82, 2.24) is 4.98 Å². The summed E-state index contributed by atoms with van der Waals surface area (Å²) in [5.74, 6) is -0.0662. The van der Waals surface area contributed by atoms with Gasteiger partial charge in [-0.05, 0) is 37.5 Å². The van der Waals surface area contributed by atoms with Gasteiger partial charge in [0.2, 0.25) is 0 Å². The Morgan fingerprint density at radius 2 is 2.05 bits per heavy atom. The third-order valence-corrected chi connectivity index (χ3v) is 3.73. The number of hydrogen-bond donors (Lipinski definition) is 2. The number of carbonyl (C=O) groups is 1. The number of fused-ring (bicyclic) bond motifs is 1. The number of carboxylic acid groups (broad SMARTS) is 1.